The van der Waals surface area contributed by atoms with Gasteiger partial charge in [0.2, 0.25) is 11.8 Å². The molecule has 0 bridgehead atoms. The standard InChI is InChI=1S/C19H20ClFN2O3/c1-13(24)23(15-5-8-18(21)17(20)11-15)10-9-19(25)22-12-14-3-6-16(26-2)7-4-14/h3-8,11H,9-10,12H2,1-2H3,(H,22,25). The maximum atomic E-state index is 13.3. The van der Waals surface area contributed by atoms with Crippen LogP contribution in [0.3, 0.4) is 0 Å². The van der Waals surface area contributed by atoms with E-state index < -0.39 is 5.82 Å². The van der Waals surface area contributed by atoms with Crippen molar-refractivity contribution in [1.82, 2.24) is 5.32 Å². The Kier molecular flexibility index (Phi) is 6.97. The van der Waals surface area contributed by atoms with Gasteiger partial charge in [-0.3, -0.25) is 9.59 Å². The zero-order valence-electron chi connectivity index (χ0n) is 14.6. The number of hydrogen-bond donors (Lipinski definition) is 1. The average molecular weight is 379 g/mol. The lowest BCUT2D eigenvalue weighted by molar-refractivity contribution is -0.121. The van der Waals surface area contributed by atoms with Gasteiger partial charge in [0.05, 0.1) is 12.1 Å². The van der Waals surface area contributed by atoms with Gasteiger partial charge in [0.25, 0.3) is 0 Å². The Bertz CT molecular complexity index is 781. The van der Waals surface area contributed by atoms with E-state index in [2.05, 4.69) is 5.32 Å². The average Bonchev–Trinajstić information content (AvgIpc) is 2.63. The van der Waals surface area contributed by atoms with Crippen LogP contribution in [0.25, 0.3) is 0 Å². The number of benzene rings is 2. The van der Waals surface area contributed by atoms with Crippen LogP contribution in [0.15, 0.2) is 42.5 Å². The van der Waals surface area contributed by atoms with Crippen molar-refractivity contribution in [3.63, 3.8) is 0 Å². The molecule has 2 aromatic carbocycles. The Morgan fingerprint density at radius 1 is 1.19 bits per heavy atom. The first-order valence-electron chi connectivity index (χ1n) is 8.03. The fraction of sp³-hybridized carbons (Fsp3) is 0.263. The zero-order chi connectivity index (χ0) is 19.1. The molecule has 0 unspecified atom stereocenters. The van der Waals surface area contributed by atoms with Crippen LogP contribution in [0.4, 0.5) is 10.1 Å². The van der Waals surface area contributed by atoms with Crippen molar-refractivity contribution in [3.8, 4) is 5.75 Å². The number of halogens is 2. The molecule has 0 fully saturated rings. The third kappa shape index (κ3) is 5.46. The van der Waals surface area contributed by atoms with Gasteiger partial charge in [-0.1, -0.05) is 23.7 Å². The molecule has 138 valence electrons. The number of nitrogens with zero attached hydrogens (tertiary/aromatic N) is 1. The minimum Gasteiger partial charge on any atom is -0.497 e. The summed E-state index contributed by atoms with van der Waals surface area (Å²) >= 11 is 5.76. The topological polar surface area (TPSA) is 58.6 Å². The van der Waals surface area contributed by atoms with E-state index in [0.717, 1.165) is 11.3 Å². The molecular formula is C19H20ClFN2O3. The highest BCUT2D eigenvalue weighted by Crippen LogP contribution is 2.23. The molecule has 7 heteroatoms. The molecule has 0 saturated heterocycles. The summed E-state index contributed by atoms with van der Waals surface area (Å²) in [5.74, 6) is -0.262. The number of carbonyl (C=O) groups is 2. The van der Waals surface area contributed by atoms with Crippen molar-refractivity contribution >= 4 is 29.1 Å². The predicted molar refractivity (Wildman–Crippen MR) is 98.9 cm³/mol. The summed E-state index contributed by atoms with van der Waals surface area (Å²) in [5, 5.41) is 2.73. The summed E-state index contributed by atoms with van der Waals surface area (Å²) in [6, 6.07) is 11.4. The van der Waals surface area contributed by atoms with Crippen LogP contribution >= 0.6 is 11.6 Å². The smallest absolute Gasteiger partial charge is 0.223 e. The number of amides is 2. The van der Waals surface area contributed by atoms with Gasteiger partial charge in [0.1, 0.15) is 11.6 Å². The second kappa shape index (κ2) is 9.20. The number of carbonyl (C=O) groups excluding carboxylic acids is 2. The highest BCUT2D eigenvalue weighted by molar-refractivity contribution is 6.31. The summed E-state index contributed by atoms with van der Waals surface area (Å²) in [6.07, 6.45) is 0.116. The molecule has 0 aromatic heterocycles. The zero-order valence-corrected chi connectivity index (χ0v) is 15.3. The van der Waals surface area contributed by atoms with Gasteiger partial charge >= 0.3 is 0 Å². The number of nitrogens with one attached hydrogen (secondary N) is 1. The molecule has 5 nitrogen and oxygen atoms in total. The minimum atomic E-state index is -0.559. The quantitative estimate of drug-likeness (QED) is 0.801. The molecule has 0 heterocycles. The van der Waals surface area contributed by atoms with E-state index in [-0.39, 0.29) is 29.8 Å². The molecule has 1 N–H and O–H groups in total. The Hall–Kier alpha value is -2.60. The molecule has 2 rings (SSSR count). The Morgan fingerprint density at radius 3 is 2.46 bits per heavy atom. The molecule has 0 radical (unpaired) electrons. The number of ether oxygens (including phenoxy) is 1. The number of methoxy groups -OCH3 is 1. The van der Waals surface area contributed by atoms with E-state index in [9.17, 15) is 14.0 Å². The van der Waals surface area contributed by atoms with E-state index in [1.165, 1.54) is 30.0 Å². The van der Waals surface area contributed by atoms with E-state index in [0.29, 0.717) is 12.2 Å². The van der Waals surface area contributed by atoms with Crippen molar-refractivity contribution in [3.05, 3.63) is 58.9 Å². The molecule has 0 aliphatic rings. The Labute approximate surface area is 156 Å². The molecular weight excluding hydrogens is 359 g/mol. The SMILES string of the molecule is COc1ccc(CNC(=O)CCN(C(C)=O)c2ccc(F)c(Cl)c2)cc1. The van der Waals surface area contributed by atoms with E-state index in [1.54, 1.807) is 7.11 Å². The molecule has 2 aromatic rings. The lowest BCUT2D eigenvalue weighted by atomic mass is 10.2. The maximum Gasteiger partial charge on any atom is 0.223 e. The van der Waals surface area contributed by atoms with Gasteiger partial charge in [0, 0.05) is 32.1 Å². The lowest BCUT2D eigenvalue weighted by Gasteiger charge is -2.21. The largest absolute Gasteiger partial charge is 0.497 e. The van der Waals surface area contributed by atoms with Gasteiger partial charge in [-0.2, -0.15) is 0 Å². The van der Waals surface area contributed by atoms with Crippen molar-refractivity contribution in [2.45, 2.75) is 19.9 Å². The fourth-order valence-electron chi connectivity index (χ4n) is 2.37. The first kappa shape index (κ1) is 19.7. The fourth-order valence-corrected chi connectivity index (χ4v) is 2.54. The van der Waals surface area contributed by atoms with Crippen molar-refractivity contribution in [2.75, 3.05) is 18.6 Å². The van der Waals surface area contributed by atoms with E-state index in [1.807, 2.05) is 24.3 Å². The van der Waals surface area contributed by atoms with Gasteiger partial charge in [-0.05, 0) is 35.9 Å². The van der Waals surface area contributed by atoms with Crippen LogP contribution in [0.2, 0.25) is 5.02 Å². The summed E-state index contributed by atoms with van der Waals surface area (Å²) < 4.78 is 18.4. The van der Waals surface area contributed by atoms with Gasteiger partial charge in [-0.15, -0.1) is 0 Å². The summed E-state index contributed by atoms with van der Waals surface area (Å²) in [4.78, 5) is 25.3. The molecule has 0 spiro atoms. The van der Waals surface area contributed by atoms with Crippen LogP contribution in [-0.4, -0.2) is 25.5 Å². The Balaban J connectivity index is 1.90. The van der Waals surface area contributed by atoms with Crippen LogP contribution in [0, 0.1) is 5.82 Å². The number of anilines is 1. The second-order valence-corrected chi connectivity index (χ2v) is 6.05. The summed E-state index contributed by atoms with van der Waals surface area (Å²) in [5.41, 5.74) is 1.39. The lowest BCUT2D eigenvalue weighted by Crippen LogP contribution is -2.33. The molecule has 0 aliphatic carbocycles. The monoisotopic (exact) mass is 378 g/mol. The summed E-state index contributed by atoms with van der Waals surface area (Å²) in [6.45, 7) is 1.93. The van der Waals surface area contributed by atoms with E-state index >= 15 is 0 Å². The van der Waals surface area contributed by atoms with Crippen molar-refractivity contribution in [1.29, 1.82) is 0 Å². The number of rotatable bonds is 7. The van der Waals surface area contributed by atoms with Crippen molar-refractivity contribution < 1.29 is 18.7 Å². The van der Waals surface area contributed by atoms with Crippen LogP contribution < -0.4 is 15.0 Å². The third-order valence-electron chi connectivity index (χ3n) is 3.81. The highest BCUT2D eigenvalue weighted by atomic mass is 35.5. The molecule has 2 amide bonds. The first-order valence-corrected chi connectivity index (χ1v) is 8.41. The molecule has 26 heavy (non-hydrogen) atoms. The molecule has 0 atom stereocenters. The Morgan fingerprint density at radius 2 is 1.88 bits per heavy atom. The highest BCUT2D eigenvalue weighted by Gasteiger charge is 2.15. The molecule has 0 saturated carbocycles. The normalized spacial score (nSPS) is 10.3. The van der Waals surface area contributed by atoms with Crippen LogP contribution in [-0.2, 0) is 16.1 Å². The van der Waals surface area contributed by atoms with Gasteiger partial charge < -0.3 is 15.0 Å². The number of hydrogen-bond acceptors (Lipinski definition) is 3. The minimum absolute atomic E-state index is 0.0716. The second-order valence-electron chi connectivity index (χ2n) is 5.64. The third-order valence-corrected chi connectivity index (χ3v) is 4.10. The first-order chi connectivity index (χ1) is 12.4. The maximum absolute atomic E-state index is 13.3. The van der Waals surface area contributed by atoms with Gasteiger partial charge in [-0.25, -0.2) is 4.39 Å². The van der Waals surface area contributed by atoms with Crippen LogP contribution in [0.1, 0.15) is 18.9 Å². The predicted octanol–water partition coefficient (Wildman–Crippen LogP) is 3.55. The summed E-state index contributed by atoms with van der Waals surface area (Å²) in [7, 11) is 1.59. The van der Waals surface area contributed by atoms with E-state index in [4.69, 9.17) is 16.3 Å². The van der Waals surface area contributed by atoms with Gasteiger partial charge in [0.15, 0.2) is 0 Å². The van der Waals surface area contributed by atoms with Crippen molar-refractivity contribution in [2.24, 2.45) is 0 Å². The van der Waals surface area contributed by atoms with Crippen LogP contribution in [0.5, 0.6) is 5.75 Å². The molecule has 0 aliphatic heterocycles.